The van der Waals surface area contributed by atoms with Crippen molar-refractivity contribution in [2.24, 2.45) is 0 Å². The fourth-order valence-electron chi connectivity index (χ4n) is 2.95. The lowest BCUT2D eigenvalue weighted by Crippen LogP contribution is -2.55. The molecule has 3 N–H and O–H groups in total. The smallest absolute Gasteiger partial charge is 0.408 e. The maximum atomic E-state index is 13.1. The zero-order valence-corrected chi connectivity index (χ0v) is 27.6. The lowest BCUT2D eigenvalue weighted by atomic mass is 10.1. The van der Waals surface area contributed by atoms with Gasteiger partial charge in [-0.15, -0.1) is 0 Å². The molecule has 41 heavy (non-hydrogen) atoms. The molecule has 0 aromatic carbocycles. The summed E-state index contributed by atoms with van der Waals surface area (Å²) in [7, 11) is 0. The first-order chi connectivity index (χ1) is 18.3. The quantitative estimate of drug-likeness (QED) is 0.149. The summed E-state index contributed by atoms with van der Waals surface area (Å²) in [5.74, 6) is -2.72. The van der Waals surface area contributed by atoms with Crippen molar-refractivity contribution < 1.29 is 42.9 Å². The topological polar surface area (TPSA) is 158 Å². The number of rotatable bonds is 12. The van der Waals surface area contributed by atoms with E-state index in [-0.39, 0.29) is 25.2 Å². The lowest BCUT2D eigenvalue weighted by molar-refractivity contribution is -0.158. The standard InChI is InChI=1S/C28H51N3O9S/c1-25(2,3)37-15-18(21(33)30-19(16-41)23(35)39-27(7,8)9)29-20(32)14-13-17(22(34)38-26(4,5)6)31-24(36)40-28(10,11)12/h17-19,41H,13-16H2,1-12H3,(H,29,32)(H,30,33)(H,31,36)/t17-,18-,19-/m0/s1. The molecule has 0 rings (SSSR count). The van der Waals surface area contributed by atoms with Crippen molar-refractivity contribution in [2.75, 3.05) is 12.4 Å². The zero-order valence-electron chi connectivity index (χ0n) is 26.7. The summed E-state index contributed by atoms with van der Waals surface area (Å²) >= 11 is 4.15. The third-order valence-electron chi connectivity index (χ3n) is 4.57. The summed E-state index contributed by atoms with van der Waals surface area (Å²) < 4.78 is 21.7. The highest BCUT2D eigenvalue weighted by Crippen LogP contribution is 2.14. The summed E-state index contributed by atoms with van der Waals surface area (Å²) in [5.41, 5.74) is -3.05. The Balaban J connectivity index is 5.64. The minimum absolute atomic E-state index is 0.0324. The van der Waals surface area contributed by atoms with Crippen molar-refractivity contribution >= 4 is 42.5 Å². The molecule has 0 saturated heterocycles. The maximum Gasteiger partial charge on any atom is 0.408 e. The van der Waals surface area contributed by atoms with Crippen molar-refractivity contribution in [1.82, 2.24) is 16.0 Å². The molecule has 0 spiro atoms. The number of alkyl carbamates (subject to hydrolysis) is 1. The van der Waals surface area contributed by atoms with Crippen LogP contribution in [0.4, 0.5) is 4.79 Å². The first-order valence-corrected chi connectivity index (χ1v) is 14.2. The van der Waals surface area contributed by atoms with Crippen molar-refractivity contribution in [2.45, 2.75) is 136 Å². The van der Waals surface area contributed by atoms with Crippen LogP contribution in [0.5, 0.6) is 0 Å². The normalized spacial score (nSPS) is 14.7. The average molecular weight is 606 g/mol. The molecule has 0 aliphatic carbocycles. The highest BCUT2D eigenvalue weighted by molar-refractivity contribution is 7.80. The molecule has 0 fully saturated rings. The Morgan fingerprint density at radius 1 is 0.610 bits per heavy atom. The van der Waals surface area contributed by atoms with Crippen molar-refractivity contribution in [1.29, 1.82) is 0 Å². The molecule has 3 atom stereocenters. The monoisotopic (exact) mass is 605 g/mol. The molecule has 3 amide bonds. The number of carbonyl (C=O) groups is 5. The number of nitrogens with one attached hydrogen (secondary N) is 3. The van der Waals surface area contributed by atoms with Crippen LogP contribution in [0, 0.1) is 0 Å². The van der Waals surface area contributed by atoms with E-state index in [1.165, 1.54) is 0 Å². The van der Waals surface area contributed by atoms with Crippen molar-refractivity contribution in [3.8, 4) is 0 Å². The van der Waals surface area contributed by atoms with E-state index in [0.717, 1.165) is 0 Å². The van der Waals surface area contributed by atoms with Gasteiger partial charge in [-0.05, 0) is 89.5 Å². The Kier molecular flexibility index (Phi) is 14.7. The van der Waals surface area contributed by atoms with Gasteiger partial charge in [0.1, 0.15) is 34.9 Å². The van der Waals surface area contributed by atoms with Crippen LogP contribution < -0.4 is 16.0 Å². The third-order valence-corrected chi connectivity index (χ3v) is 4.93. The van der Waals surface area contributed by atoms with Crippen LogP contribution in [0.1, 0.15) is 95.9 Å². The highest BCUT2D eigenvalue weighted by atomic mass is 32.1. The molecule has 238 valence electrons. The minimum Gasteiger partial charge on any atom is -0.458 e. The van der Waals surface area contributed by atoms with E-state index in [1.54, 1.807) is 83.1 Å². The first-order valence-electron chi connectivity index (χ1n) is 13.6. The van der Waals surface area contributed by atoms with E-state index in [1.807, 2.05) is 0 Å². The highest BCUT2D eigenvalue weighted by Gasteiger charge is 2.32. The molecule has 0 unspecified atom stereocenters. The molecule has 13 heteroatoms. The zero-order chi connectivity index (χ0) is 32.4. The third kappa shape index (κ3) is 19.3. The molecule has 0 radical (unpaired) electrons. The van der Waals surface area contributed by atoms with Gasteiger partial charge in [0.2, 0.25) is 11.8 Å². The Labute approximate surface area is 250 Å². The van der Waals surface area contributed by atoms with Gasteiger partial charge in [-0.3, -0.25) is 9.59 Å². The number of amides is 3. The number of ether oxygens (including phenoxy) is 4. The van der Waals surface area contributed by atoms with Crippen LogP contribution in [0.3, 0.4) is 0 Å². The van der Waals surface area contributed by atoms with E-state index in [0.29, 0.717) is 0 Å². The fourth-order valence-corrected chi connectivity index (χ4v) is 3.19. The maximum absolute atomic E-state index is 13.1. The largest absolute Gasteiger partial charge is 0.458 e. The van der Waals surface area contributed by atoms with Crippen LogP contribution in [0.15, 0.2) is 0 Å². The molecule has 0 aromatic rings. The Hall–Kier alpha value is -2.54. The second-order valence-electron chi connectivity index (χ2n) is 13.6. The lowest BCUT2D eigenvalue weighted by Gasteiger charge is -2.28. The van der Waals surface area contributed by atoms with Crippen molar-refractivity contribution in [3.05, 3.63) is 0 Å². The van der Waals surface area contributed by atoms with Crippen LogP contribution in [0.2, 0.25) is 0 Å². The number of thiol groups is 1. The fraction of sp³-hybridized carbons (Fsp3) is 0.821. The number of esters is 2. The molecule has 0 aliphatic heterocycles. The van der Waals surface area contributed by atoms with Gasteiger partial charge in [-0.1, -0.05) is 0 Å². The summed E-state index contributed by atoms with van der Waals surface area (Å²) in [6.07, 6.45) is -1.23. The molecule has 12 nitrogen and oxygen atoms in total. The van der Waals surface area contributed by atoms with Gasteiger partial charge in [0.15, 0.2) is 0 Å². The molecule has 0 aromatic heterocycles. The van der Waals surface area contributed by atoms with Crippen LogP contribution in [-0.2, 0) is 38.1 Å². The van der Waals surface area contributed by atoms with Gasteiger partial charge >= 0.3 is 18.0 Å². The Morgan fingerprint density at radius 3 is 1.49 bits per heavy atom. The summed E-state index contributed by atoms with van der Waals surface area (Å²) in [5, 5.41) is 7.60. The predicted octanol–water partition coefficient (Wildman–Crippen LogP) is 3.06. The van der Waals surface area contributed by atoms with E-state index < -0.39 is 70.4 Å². The molecule has 0 heterocycles. The van der Waals surface area contributed by atoms with Gasteiger partial charge in [0.05, 0.1) is 12.2 Å². The van der Waals surface area contributed by atoms with E-state index in [2.05, 4.69) is 28.6 Å². The second kappa shape index (κ2) is 15.6. The summed E-state index contributed by atoms with van der Waals surface area (Å²) in [6.45, 7) is 20.3. The first kappa shape index (κ1) is 38.5. The predicted molar refractivity (Wildman–Crippen MR) is 158 cm³/mol. The van der Waals surface area contributed by atoms with E-state index in [4.69, 9.17) is 18.9 Å². The molecular weight excluding hydrogens is 554 g/mol. The molecule has 0 aliphatic rings. The SMILES string of the molecule is CC(C)(C)OC[C@H](NC(=O)CC[C@H](NC(=O)OC(C)(C)C)C(=O)OC(C)(C)C)C(=O)N[C@@H](CS)C(=O)OC(C)(C)C. The molecule has 0 saturated carbocycles. The van der Waals surface area contributed by atoms with E-state index in [9.17, 15) is 24.0 Å². The van der Waals surface area contributed by atoms with Crippen LogP contribution in [0.25, 0.3) is 0 Å². The number of carbonyl (C=O) groups excluding carboxylic acids is 5. The van der Waals surface area contributed by atoms with Crippen LogP contribution >= 0.6 is 12.6 Å². The Morgan fingerprint density at radius 2 is 1.07 bits per heavy atom. The van der Waals surface area contributed by atoms with Gasteiger partial charge in [-0.2, -0.15) is 12.6 Å². The number of hydrogen-bond donors (Lipinski definition) is 4. The molecular formula is C28H51N3O9S. The van der Waals surface area contributed by atoms with Gasteiger partial charge in [0.25, 0.3) is 0 Å². The van der Waals surface area contributed by atoms with Crippen LogP contribution in [-0.4, -0.2) is 82.7 Å². The average Bonchev–Trinajstić information content (AvgIpc) is 2.73. The minimum atomic E-state index is -1.19. The van der Waals surface area contributed by atoms with Gasteiger partial charge in [0, 0.05) is 12.2 Å². The number of hydrogen-bond acceptors (Lipinski definition) is 10. The second-order valence-corrected chi connectivity index (χ2v) is 14.0. The van der Waals surface area contributed by atoms with E-state index >= 15 is 0 Å². The molecule has 0 bridgehead atoms. The summed E-state index contributed by atoms with van der Waals surface area (Å²) in [4.78, 5) is 63.7. The van der Waals surface area contributed by atoms with Gasteiger partial charge < -0.3 is 34.9 Å². The van der Waals surface area contributed by atoms with Gasteiger partial charge in [-0.25, -0.2) is 14.4 Å². The van der Waals surface area contributed by atoms with Crippen molar-refractivity contribution in [3.63, 3.8) is 0 Å². The summed E-state index contributed by atoms with van der Waals surface area (Å²) in [6, 6.07) is -3.42. The Bertz CT molecular complexity index is 913.